The molecule has 0 bridgehead atoms. The number of nitrogens with one attached hydrogen (secondary N) is 1. The van der Waals surface area contributed by atoms with Gasteiger partial charge in [0.05, 0.1) is 13.7 Å². The Labute approximate surface area is 103 Å². The van der Waals surface area contributed by atoms with Crippen LogP contribution < -0.4 is 5.32 Å². The Kier molecular flexibility index (Phi) is 7.54. The van der Waals surface area contributed by atoms with E-state index in [1.165, 1.54) is 7.11 Å². The van der Waals surface area contributed by atoms with Gasteiger partial charge in [0, 0.05) is 0 Å². The predicted octanol–water partition coefficient (Wildman–Crippen LogP) is 1.56. The fourth-order valence-corrected chi connectivity index (χ4v) is 1.52. The average molecular weight is 245 g/mol. The molecule has 1 unspecified atom stereocenters. The first-order valence-electron chi connectivity index (χ1n) is 6.01. The Hall–Kier alpha value is -1.10. The molecule has 2 N–H and O–H groups in total. The molecule has 1 atom stereocenters. The molecule has 0 aliphatic rings. The van der Waals surface area contributed by atoms with E-state index in [4.69, 9.17) is 5.11 Å². The van der Waals surface area contributed by atoms with Crippen LogP contribution in [0.3, 0.4) is 0 Å². The second-order valence-electron chi connectivity index (χ2n) is 4.38. The highest BCUT2D eigenvalue weighted by Gasteiger charge is 2.32. The Morgan fingerprint density at radius 1 is 1.29 bits per heavy atom. The largest absolute Gasteiger partial charge is 0.480 e. The number of aliphatic carboxylic acids is 1. The third-order valence-electron chi connectivity index (χ3n) is 2.85. The molecule has 17 heavy (non-hydrogen) atoms. The zero-order valence-electron chi connectivity index (χ0n) is 10.9. The third-order valence-corrected chi connectivity index (χ3v) is 2.85. The Morgan fingerprint density at radius 2 is 1.94 bits per heavy atom. The quantitative estimate of drug-likeness (QED) is 0.476. The van der Waals surface area contributed by atoms with Crippen molar-refractivity contribution in [3.05, 3.63) is 0 Å². The van der Waals surface area contributed by atoms with Crippen molar-refractivity contribution < 1.29 is 19.4 Å². The molecule has 0 fully saturated rings. The number of esters is 1. The minimum atomic E-state index is -1.05. The standard InChI is InChI=1S/C12H23NO4/c1-4-5-6-7-8-12(2,11(15)16)13-9-10(14)17-3/h13H,4-9H2,1-3H3,(H,15,16). The van der Waals surface area contributed by atoms with Crippen LogP contribution in [0.2, 0.25) is 0 Å². The fourth-order valence-electron chi connectivity index (χ4n) is 1.52. The van der Waals surface area contributed by atoms with Crippen LogP contribution in [0.4, 0.5) is 0 Å². The van der Waals surface area contributed by atoms with Gasteiger partial charge in [-0.15, -0.1) is 0 Å². The number of carbonyl (C=O) groups is 2. The number of carbonyl (C=O) groups excluding carboxylic acids is 1. The summed E-state index contributed by atoms with van der Waals surface area (Å²) in [6, 6.07) is 0. The summed E-state index contributed by atoms with van der Waals surface area (Å²) in [6.07, 6.45) is 4.58. The number of methoxy groups -OCH3 is 1. The zero-order valence-corrected chi connectivity index (χ0v) is 10.9. The molecule has 0 aliphatic carbocycles. The molecular weight excluding hydrogens is 222 g/mol. The maximum Gasteiger partial charge on any atom is 0.323 e. The van der Waals surface area contributed by atoms with Gasteiger partial charge in [-0.1, -0.05) is 32.6 Å². The molecule has 0 saturated heterocycles. The van der Waals surface area contributed by atoms with Gasteiger partial charge in [0.15, 0.2) is 0 Å². The molecule has 0 aromatic rings. The van der Waals surface area contributed by atoms with Crippen molar-refractivity contribution in [3.63, 3.8) is 0 Å². The third kappa shape index (κ3) is 6.26. The molecule has 0 radical (unpaired) electrons. The maximum atomic E-state index is 11.2. The van der Waals surface area contributed by atoms with Gasteiger partial charge < -0.3 is 9.84 Å². The monoisotopic (exact) mass is 245 g/mol. The number of hydrogen-bond donors (Lipinski definition) is 2. The van der Waals surface area contributed by atoms with Crippen molar-refractivity contribution in [2.75, 3.05) is 13.7 Å². The second kappa shape index (κ2) is 8.06. The summed E-state index contributed by atoms with van der Waals surface area (Å²) < 4.78 is 4.47. The fraction of sp³-hybridized carbons (Fsp3) is 0.833. The van der Waals surface area contributed by atoms with E-state index in [0.717, 1.165) is 25.7 Å². The van der Waals surface area contributed by atoms with Crippen LogP contribution in [0.1, 0.15) is 46.0 Å². The smallest absolute Gasteiger partial charge is 0.323 e. The van der Waals surface area contributed by atoms with Crippen molar-refractivity contribution >= 4 is 11.9 Å². The number of carboxylic acid groups (broad SMARTS) is 1. The highest BCUT2D eigenvalue weighted by molar-refractivity contribution is 5.79. The first-order chi connectivity index (χ1) is 7.96. The molecule has 0 aliphatic heterocycles. The van der Waals surface area contributed by atoms with Crippen molar-refractivity contribution in [2.24, 2.45) is 0 Å². The molecule has 0 saturated carbocycles. The summed E-state index contributed by atoms with van der Waals surface area (Å²) in [4.78, 5) is 22.2. The van der Waals surface area contributed by atoms with Gasteiger partial charge in [-0.3, -0.25) is 14.9 Å². The Morgan fingerprint density at radius 3 is 2.41 bits per heavy atom. The van der Waals surface area contributed by atoms with Crippen LogP contribution in [0, 0.1) is 0 Å². The van der Waals surface area contributed by atoms with Crippen LogP contribution in [-0.2, 0) is 14.3 Å². The lowest BCUT2D eigenvalue weighted by molar-refractivity contribution is -0.146. The van der Waals surface area contributed by atoms with Gasteiger partial charge in [-0.05, 0) is 13.3 Å². The molecular formula is C12H23NO4. The summed E-state index contributed by atoms with van der Waals surface area (Å²) in [7, 11) is 1.28. The van der Waals surface area contributed by atoms with Gasteiger partial charge in [0.25, 0.3) is 0 Å². The molecule has 0 aromatic heterocycles. The normalized spacial score (nSPS) is 14.1. The van der Waals surface area contributed by atoms with E-state index in [9.17, 15) is 9.59 Å². The Bertz CT molecular complexity index is 255. The van der Waals surface area contributed by atoms with Crippen LogP contribution in [0.25, 0.3) is 0 Å². The number of rotatable bonds is 9. The van der Waals surface area contributed by atoms with Crippen molar-refractivity contribution in [3.8, 4) is 0 Å². The minimum absolute atomic E-state index is 0.0763. The number of hydrogen-bond acceptors (Lipinski definition) is 4. The van der Waals surface area contributed by atoms with Gasteiger partial charge in [-0.2, -0.15) is 0 Å². The average Bonchev–Trinajstić information content (AvgIpc) is 2.31. The van der Waals surface area contributed by atoms with Crippen molar-refractivity contribution in [1.82, 2.24) is 5.32 Å². The van der Waals surface area contributed by atoms with Gasteiger partial charge in [-0.25, -0.2) is 0 Å². The van der Waals surface area contributed by atoms with E-state index in [1.54, 1.807) is 6.92 Å². The van der Waals surface area contributed by atoms with Crippen LogP contribution in [-0.4, -0.2) is 36.2 Å². The lowest BCUT2D eigenvalue weighted by Gasteiger charge is -2.25. The Balaban J connectivity index is 4.16. The van der Waals surface area contributed by atoms with E-state index in [2.05, 4.69) is 17.0 Å². The molecule has 0 rings (SSSR count). The molecule has 5 nitrogen and oxygen atoms in total. The lowest BCUT2D eigenvalue weighted by atomic mass is 9.94. The molecule has 0 heterocycles. The second-order valence-corrected chi connectivity index (χ2v) is 4.38. The van der Waals surface area contributed by atoms with E-state index in [0.29, 0.717) is 6.42 Å². The SMILES string of the molecule is CCCCCCC(C)(NCC(=O)OC)C(=O)O. The predicted molar refractivity (Wildman–Crippen MR) is 64.8 cm³/mol. The molecule has 0 spiro atoms. The molecule has 5 heteroatoms. The van der Waals surface area contributed by atoms with Crippen molar-refractivity contribution in [1.29, 1.82) is 0 Å². The van der Waals surface area contributed by atoms with E-state index < -0.39 is 17.5 Å². The summed E-state index contributed by atoms with van der Waals surface area (Å²) in [6.45, 7) is 3.63. The number of ether oxygens (including phenoxy) is 1. The summed E-state index contributed by atoms with van der Waals surface area (Å²) in [5.41, 5.74) is -1.05. The minimum Gasteiger partial charge on any atom is -0.480 e. The molecule has 0 amide bonds. The van der Waals surface area contributed by atoms with Crippen LogP contribution in [0.15, 0.2) is 0 Å². The maximum absolute atomic E-state index is 11.2. The molecule has 0 aromatic carbocycles. The highest BCUT2D eigenvalue weighted by atomic mass is 16.5. The van der Waals surface area contributed by atoms with Crippen LogP contribution in [0.5, 0.6) is 0 Å². The van der Waals surface area contributed by atoms with Crippen LogP contribution >= 0.6 is 0 Å². The number of unbranched alkanes of at least 4 members (excludes halogenated alkanes) is 3. The van der Waals surface area contributed by atoms with E-state index >= 15 is 0 Å². The summed E-state index contributed by atoms with van der Waals surface area (Å²) >= 11 is 0. The van der Waals surface area contributed by atoms with E-state index in [-0.39, 0.29) is 6.54 Å². The number of carboxylic acids is 1. The van der Waals surface area contributed by atoms with Gasteiger partial charge in [0.1, 0.15) is 5.54 Å². The van der Waals surface area contributed by atoms with Gasteiger partial charge in [0.2, 0.25) is 0 Å². The first kappa shape index (κ1) is 15.9. The summed E-state index contributed by atoms with van der Waals surface area (Å²) in [5.74, 6) is -1.39. The molecule has 100 valence electrons. The zero-order chi connectivity index (χ0) is 13.3. The van der Waals surface area contributed by atoms with Crippen molar-refractivity contribution in [2.45, 2.75) is 51.5 Å². The first-order valence-corrected chi connectivity index (χ1v) is 6.01. The van der Waals surface area contributed by atoms with Gasteiger partial charge >= 0.3 is 11.9 Å². The topological polar surface area (TPSA) is 75.6 Å². The highest BCUT2D eigenvalue weighted by Crippen LogP contribution is 2.15. The summed E-state index contributed by atoms with van der Waals surface area (Å²) in [5, 5.41) is 11.9. The lowest BCUT2D eigenvalue weighted by Crippen LogP contribution is -2.51. The van der Waals surface area contributed by atoms with E-state index in [1.807, 2.05) is 0 Å².